The van der Waals surface area contributed by atoms with Gasteiger partial charge in [0.2, 0.25) is 0 Å². The van der Waals surface area contributed by atoms with Crippen molar-refractivity contribution in [3.8, 4) is 0 Å². The molecule has 0 aromatic carbocycles. The Morgan fingerprint density at radius 2 is 1.92 bits per heavy atom. The van der Waals surface area contributed by atoms with Crippen molar-refractivity contribution < 1.29 is 9.59 Å². The lowest BCUT2D eigenvalue weighted by Gasteiger charge is -2.02. The van der Waals surface area contributed by atoms with Gasteiger partial charge in [0.1, 0.15) is 0 Å². The fraction of sp³-hybridized carbons (Fsp3) is 0.400. The molecule has 0 radical (unpaired) electrons. The summed E-state index contributed by atoms with van der Waals surface area (Å²) in [5, 5.41) is 0. The van der Waals surface area contributed by atoms with E-state index in [1.807, 2.05) is 13.8 Å². The summed E-state index contributed by atoms with van der Waals surface area (Å²) in [6.07, 6.45) is 3.03. The van der Waals surface area contributed by atoms with E-state index < -0.39 is 0 Å². The molecule has 0 aromatic rings. The number of carbonyl (C=O) groups is 2. The number of ketones is 2. The highest BCUT2D eigenvalue weighted by atomic mass is 16.2. The highest BCUT2D eigenvalue weighted by Gasteiger charge is 2.28. The van der Waals surface area contributed by atoms with E-state index in [1.54, 1.807) is 13.0 Å². The smallest absolute Gasteiger partial charge is 0.192 e. The van der Waals surface area contributed by atoms with E-state index in [0.717, 1.165) is 0 Å². The molecule has 1 aliphatic carbocycles. The average Bonchev–Trinajstić information content (AvgIpc) is 2.27. The summed E-state index contributed by atoms with van der Waals surface area (Å²) in [4.78, 5) is 22.6. The zero-order valence-electron chi connectivity index (χ0n) is 7.55. The van der Waals surface area contributed by atoms with Gasteiger partial charge in [-0.3, -0.25) is 9.59 Å². The summed E-state index contributed by atoms with van der Waals surface area (Å²) in [7, 11) is 0. The zero-order chi connectivity index (χ0) is 9.30. The second kappa shape index (κ2) is 3.05. The molecule has 0 heterocycles. The van der Waals surface area contributed by atoms with Crippen LogP contribution < -0.4 is 0 Å². The summed E-state index contributed by atoms with van der Waals surface area (Å²) in [5.41, 5.74) is 0.951. The van der Waals surface area contributed by atoms with Crippen molar-refractivity contribution in [2.24, 2.45) is 5.92 Å². The maximum Gasteiger partial charge on any atom is 0.192 e. The predicted molar refractivity (Wildman–Crippen MR) is 46.7 cm³/mol. The molecule has 2 heteroatoms. The van der Waals surface area contributed by atoms with Gasteiger partial charge in [0.15, 0.2) is 11.6 Å². The standard InChI is InChI=1S/C10H12O2/c1-4-7-9(11)5-8(6(2)3)10(7)12/h4-6H,1-3H3/b7-4-. The minimum absolute atomic E-state index is 0.0995. The van der Waals surface area contributed by atoms with Crippen molar-refractivity contribution in [2.45, 2.75) is 20.8 Å². The molecular weight excluding hydrogens is 152 g/mol. The quantitative estimate of drug-likeness (QED) is 0.436. The Labute approximate surface area is 72.0 Å². The van der Waals surface area contributed by atoms with Gasteiger partial charge in [-0.15, -0.1) is 0 Å². The monoisotopic (exact) mass is 164 g/mol. The van der Waals surface area contributed by atoms with Crippen LogP contribution in [0.1, 0.15) is 20.8 Å². The van der Waals surface area contributed by atoms with Crippen LogP contribution >= 0.6 is 0 Å². The van der Waals surface area contributed by atoms with E-state index in [2.05, 4.69) is 0 Å². The lowest BCUT2D eigenvalue weighted by atomic mass is 10.0. The van der Waals surface area contributed by atoms with Crippen LogP contribution in [0.4, 0.5) is 0 Å². The van der Waals surface area contributed by atoms with Gasteiger partial charge in [-0.25, -0.2) is 0 Å². The molecule has 0 saturated heterocycles. The van der Waals surface area contributed by atoms with E-state index in [4.69, 9.17) is 0 Å². The first kappa shape index (κ1) is 8.91. The average molecular weight is 164 g/mol. The topological polar surface area (TPSA) is 34.1 Å². The first-order valence-electron chi connectivity index (χ1n) is 4.04. The van der Waals surface area contributed by atoms with Crippen LogP contribution in [0.2, 0.25) is 0 Å². The highest BCUT2D eigenvalue weighted by Crippen LogP contribution is 2.22. The van der Waals surface area contributed by atoms with Gasteiger partial charge in [0, 0.05) is 5.57 Å². The fourth-order valence-corrected chi connectivity index (χ4v) is 1.25. The van der Waals surface area contributed by atoms with Gasteiger partial charge in [0.25, 0.3) is 0 Å². The second-order valence-corrected chi connectivity index (χ2v) is 3.15. The lowest BCUT2D eigenvalue weighted by Crippen LogP contribution is -2.06. The molecule has 0 atom stereocenters. The third-order valence-corrected chi connectivity index (χ3v) is 1.97. The van der Waals surface area contributed by atoms with Crippen LogP contribution in [-0.2, 0) is 9.59 Å². The van der Waals surface area contributed by atoms with Gasteiger partial charge in [-0.1, -0.05) is 19.9 Å². The van der Waals surface area contributed by atoms with Crippen LogP contribution in [0.3, 0.4) is 0 Å². The van der Waals surface area contributed by atoms with Gasteiger partial charge < -0.3 is 0 Å². The SMILES string of the molecule is C/C=C1/C(=O)C=C(C(C)C)C1=O. The van der Waals surface area contributed by atoms with Crippen LogP contribution in [0.5, 0.6) is 0 Å². The minimum Gasteiger partial charge on any atom is -0.289 e. The third kappa shape index (κ3) is 1.24. The maximum absolute atomic E-state index is 11.4. The number of allylic oxidation sites excluding steroid dienone is 4. The summed E-state index contributed by atoms with van der Waals surface area (Å²) in [5.74, 6) is -0.109. The molecule has 0 bridgehead atoms. The molecular formula is C10H12O2. The number of Topliss-reactive ketones (excluding diaryl/α,β-unsaturated/α-hetero) is 1. The van der Waals surface area contributed by atoms with Gasteiger partial charge in [0.05, 0.1) is 5.57 Å². The molecule has 0 spiro atoms. The van der Waals surface area contributed by atoms with Crippen LogP contribution in [-0.4, -0.2) is 11.6 Å². The summed E-state index contributed by atoms with van der Waals surface area (Å²) in [6.45, 7) is 5.54. The molecule has 0 amide bonds. The second-order valence-electron chi connectivity index (χ2n) is 3.15. The van der Waals surface area contributed by atoms with E-state index in [9.17, 15) is 9.59 Å². The Balaban J connectivity index is 3.05. The maximum atomic E-state index is 11.4. The lowest BCUT2D eigenvalue weighted by molar-refractivity contribution is -0.115. The van der Waals surface area contributed by atoms with E-state index in [-0.39, 0.29) is 17.5 Å². The zero-order valence-corrected chi connectivity index (χ0v) is 7.55. The van der Waals surface area contributed by atoms with Gasteiger partial charge in [-0.2, -0.15) is 0 Å². The van der Waals surface area contributed by atoms with Crippen LogP contribution in [0, 0.1) is 5.92 Å². The summed E-state index contributed by atoms with van der Waals surface area (Å²) >= 11 is 0. The molecule has 12 heavy (non-hydrogen) atoms. The molecule has 0 unspecified atom stereocenters. The summed E-state index contributed by atoms with van der Waals surface area (Å²) in [6, 6.07) is 0. The number of carbonyl (C=O) groups excluding carboxylic acids is 2. The Kier molecular flexibility index (Phi) is 2.27. The van der Waals surface area contributed by atoms with Crippen molar-refractivity contribution in [3.05, 3.63) is 23.3 Å². The third-order valence-electron chi connectivity index (χ3n) is 1.97. The van der Waals surface area contributed by atoms with Crippen molar-refractivity contribution in [1.29, 1.82) is 0 Å². The molecule has 1 rings (SSSR count). The van der Waals surface area contributed by atoms with E-state index in [1.165, 1.54) is 6.08 Å². The molecule has 2 nitrogen and oxygen atoms in total. The Morgan fingerprint density at radius 1 is 1.33 bits per heavy atom. The van der Waals surface area contributed by atoms with Crippen LogP contribution in [0.15, 0.2) is 23.3 Å². The Bertz CT molecular complexity index is 293. The number of rotatable bonds is 1. The van der Waals surface area contributed by atoms with Crippen molar-refractivity contribution in [2.75, 3.05) is 0 Å². The molecule has 64 valence electrons. The van der Waals surface area contributed by atoms with E-state index >= 15 is 0 Å². The molecule has 0 saturated carbocycles. The highest BCUT2D eigenvalue weighted by molar-refractivity contribution is 6.35. The Hall–Kier alpha value is -1.18. The van der Waals surface area contributed by atoms with Crippen molar-refractivity contribution in [1.82, 2.24) is 0 Å². The number of hydrogen-bond acceptors (Lipinski definition) is 2. The molecule has 1 aliphatic rings. The summed E-state index contributed by atoms with van der Waals surface area (Å²) < 4.78 is 0. The minimum atomic E-state index is -0.147. The van der Waals surface area contributed by atoms with E-state index in [0.29, 0.717) is 11.1 Å². The molecule has 0 N–H and O–H groups in total. The first-order chi connectivity index (χ1) is 5.57. The van der Waals surface area contributed by atoms with Gasteiger partial charge in [-0.05, 0) is 18.9 Å². The van der Waals surface area contributed by atoms with Crippen molar-refractivity contribution >= 4 is 11.6 Å². The molecule has 0 aromatic heterocycles. The molecule has 0 aliphatic heterocycles. The predicted octanol–water partition coefficient (Wildman–Crippen LogP) is 1.67. The normalized spacial score (nSPS) is 21.0. The fourth-order valence-electron chi connectivity index (χ4n) is 1.25. The van der Waals surface area contributed by atoms with Crippen LogP contribution in [0.25, 0.3) is 0 Å². The Morgan fingerprint density at radius 3 is 2.17 bits per heavy atom. The largest absolute Gasteiger partial charge is 0.289 e. The number of hydrogen-bond donors (Lipinski definition) is 0. The van der Waals surface area contributed by atoms with Gasteiger partial charge >= 0.3 is 0 Å². The first-order valence-corrected chi connectivity index (χ1v) is 4.04. The molecule has 0 fully saturated rings. The van der Waals surface area contributed by atoms with Crippen molar-refractivity contribution in [3.63, 3.8) is 0 Å².